The summed E-state index contributed by atoms with van der Waals surface area (Å²) in [5.41, 5.74) is 1.13. The number of pyridine rings is 1. The number of anilines is 1. The van der Waals surface area contributed by atoms with E-state index in [4.69, 9.17) is 0 Å². The molecule has 1 aromatic rings. The maximum Gasteiger partial charge on any atom is 0.246 e. The molecule has 1 unspecified atom stereocenters. The lowest BCUT2D eigenvalue weighted by molar-refractivity contribution is -0.130. The minimum atomic E-state index is -0.163. The Morgan fingerprint density at radius 3 is 2.89 bits per heavy atom. The summed E-state index contributed by atoms with van der Waals surface area (Å²) in [4.78, 5) is 20.3. The first-order chi connectivity index (χ1) is 8.59. The lowest BCUT2D eigenvalue weighted by Gasteiger charge is -2.37. The van der Waals surface area contributed by atoms with Gasteiger partial charge in [0.25, 0.3) is 0 Å². The molecular formula is C13H20N4O. The third-order valence-corrected chi connectivity index (χ3v) is 3.16. The molecule has 5 heteroatoms. The molecule has 0 aromatic carbocycles. The number of hydrogen-bond acceptors (Lipinski definition) is 4. The van der Waals surface area contributed by atoms with Crippen molar-refractivity contribution in [2.75, 3.05) is 38.6 Å². The molecule has 18 heavy (non-hydrogen) atoms. The molecule has 1 aromatic heterocycles. The van der Waals surface area contributed by atoms with E-state index in [1.54, 1.807) is 19.0 Å². The Bertz CT molecular complexity index is 416. The van der Waals surface area contributed by atoms with E-state index in [1.807, 2.05) is 25.3 Å². The van der Waals surface area contributed by atoms with E-state index in [1.165, 1.54) is 0 Å². The van der Waals surface area contributed by atoms with Crippen LogP contribution in [-0.4, -0.2) is 55.6 Å². The van der Waals surface area contributed by atoms with Crippen molar-refractivity contribution < 1.29 is 4.79 Å². The van der Waals surface area contributed by atoms with Crippen LogP contribution >= 0.6 is 0 Å². The van der Waals surface area contributed by atoms with Gasteiger partial charge in [-0.1, -0.05) is 6.07 Å². The summed E-state index contributed by atoms with van der Waals surface area (Å²) in [6.45, 7) is 4.37. The molecule has 0 bridgehead atoms. The molecule has 1 aliphatic rings. The van der Waals surface area contributed by atoms with Gasteiger partial charge in [-0.25, -0.2) is 4.98 Å². The van der Waals surface area contributed by atoms with Crippen molar-refractivity contribution in [1.82, 2.24) is 15.2 Å². The maximum absolute atomic E-state index is 12.2. The third-order valence-electron chi connectivity index (χ3n) is 3.16. The fourth-order valence-corrected chi connectivity index (χ4v) is 2.13. The molecule has 5 nitrogen and oxygen atoms in total. The highest BCUT2D eigenvalue weighted by Crippen LogP contribution is 2.16. The second kappa shape index (κ2) is 5.35. The van der Waals surface area contributed by atoms with Crippen LogP contribution in [0.3, 0.4) is 0 Å². The minimum absolute atomic E-state index is 0.115. The zero-order valence-electron chi connectivity index (χ0n) is 11.2. The third kappa shape index (κ3) is 2.61. The molecule has 0 spiro atoms. The second-order valence-corrected chi connectivity index (χ2v) is 4.84. The second-order valence-electron chi connectivity index (χ2n) is 4.84. The van der Waals surface area contributed by atoms with Gasteiger partial charge in [0.05, 0.1) is 0 Å². The number of nitrogens with zero attached hydrogens (tertiary/aromatic N) is 3. The van der Waals surface area contributed by atoms with E-state index < -0.39 is 0 Å². The summed E-state index contributed by atoms with van der Waals surface area (Å²) < 4.78 is 0. The molecular weight excluding hydrogens is 228 g/mol. The van der Waals surface area contributed by atoms with Gasteiger partial charge < -0.3 is 15.1 Å². The Morgan fingerprint density at radius 1 is 1.50 bits per heavy atom. The van der Waals surface area contributed by atoms with Crippen LogP contribution in [0.25, 0.3) is 0 Å². The van der Waals surface area contributed by atoms with Crippen molar-refractivity contribution in [3.05, 3.63) is 23.9 Å². The topological polar surface area (TPSA) is 48.5 Å². The summed E-state index contributed by atoms with van der Waals surface area (Å²) in [7, 11) is 3.58. The number of carbonyl (C=O) groups excluding carboxylic acids is 1. The fourth-order valence-electron chi connectivity index (χ4n) is 2.13. The number of aromatic nitrogens is 1. The molecule has 0 radical (unpaired) electrons. The Kier molecular flexibility index (Phi) is 3.81. The average molecular weight is 248 g/mol. The van der Waals surface area contributed by atoms with Crippen LogP contribution in [0.2, 0.25) is 0 Å². The highest BCUT2D eigenvalue weighted by molar-refractivity contribution is 5.85. The predicted octanol–water partition coefficient (Wildman–Crippen LogP) is 0.256. The number of nitrogens with one attached hydrogen (secondary N) is 1. The number of carbonyl (C=O) groups is 1. The van der Waals surface area contributed by atoms with E-state index in [2.05, 4.69) is 15.2 Å². The van der Waals surface area contributed by atoms with E-state index in [-0.39, 0.29) is 11.9 Å². The van der Waals surface area contributed by atoms with E-state index in [0.29, 0.717) is 6.54 Å². The van der Waals surface area contributed by atoms with Gasteiger partial charge in [0.1, 0.15) is 11.9 Å². The molecule has 1 amide bonds. The van der Waals surface area contributed by atoms with Crippen LogP contribution in [0.15, 0.2) is 18.3 Å². The smallest absolute Gasteiger partial charge is 0.246 e. The molecule has 1 aliphatic heterocycles. The molecule has 1 atom stereocenters. The van der Waals surface area contributed by atoms with Crippen molar-refractivity contribution in [3.8, 4) is 0 Å². The van der Waals surface area contributed by atoms with Gasteiger partial charge >= 0.3 is 0 Å². The molecule has 1 fully saturated rings. The van der Waals surface area contributed by atoms with Crippen LogP contribution < -0.4 is 10.2 Å². The van der Waals surface area contributed by atoms with E-state index in [9.17, 15) is 4.79 Å². The summed E-state index contributed by atoms with van der Waals surface area (Å²) in [6.07, 6.45) is 1.84. The lowest BCUT2D eigenvalue weighted by Crippen LogP contribution is -2.58. The van der Waals surface area contributed by atoms with Gasteiger partial charge in [-0.2, -0.15) is 0 Å². The minimum Gasteiger partial charge on any atom is -0.347 e. The first-order valence-corrected chi connectivity index (χ1v) is 6.21. The SMILES string of the molecule is Cc1ccc(N2CCNCC2C(=O)N(C)C)nc1. The fraction of sp³-hybridized carbons (Fsp3) is 0.538. The monoisotopic (exact) mass is 248 g/mol. The average Bonchev–Trinajstić information content (AvgIpc) is 2.39. The zero-order chi connectivity index (χ0) is 13.1. The van der Waals surface area contributed by atoms with Gasteiger partial charge in [0, 0.05) is 39.9 Å². The Morgan fingerprint density at radius 2 is 2.28 bits per heavy atom. The molecule has 0 aliphatic carbocycles. The van der Waals surface area contributed by atoms with Crippen LogP contribution in [0.1, 0.15) is 5.56 Å². The number of hydrogen-bond donors (Lipinski definition) is 1. The quantitative estimate of drug-likeness (QED) is 0.815. The van der Waals surface area contributed by atoms with E-state index in [0.717, 1.165) is 24.5 Å². The normalized spacial score (nSPS) is 19.7. The number of likely N-dealkylation sites (N-methyl/N-ethyl adjacent to an activating group) is 1. The Hall–Kier alpha value is -1.62. The summed E-state index contributed by atoms with van der Waals surface area (Å²) >= 11 is 0. The number of amides is 1. The van der Waals surface area contributed by atoms with Crippen molar-refractivity contribution >= 4 is 11.7 Å². The largest absolute Gasteiger partial charge is 0.347 e. The van der Waals surface area contributed by atoms with Gasteiger partial charge in [0.2, 0.25) is 5.91 Å². The number of aryl methyl sites for hydroxylation is 1. The predicted molar refractivity (Wildman–Crippen MR) is 71.7 cm³/mol. The van der Waals surface area contributed by atoms with Crippen LogP contribution in [0.5, 0.6) is 0 Å². The van der Waals surface area contributed by atoms with Gasteiger partial charge in [-0.05, 0) is 18.6 Å². The molecule has 1 N–H and O–H groups in total. The lowest BCUT2D eigenvalue weighted by atomic mass is 10.1. The van der Waals surface area contributed by atoms with Crippen molar-refractivity contribution in [3.63, 3.8) is 0 Å². The zero-order valence-corrected chi connectivity index (χ0v) is 11.2. The highest BCUT2D eigenvalue weighted by atomic mass is 16.2. The summed E-state index contributed by atoms with van der Waals surface area (Å²) in [6, 6.07) is 3.85. The molecule has 2 heterocycles. The van der Waals surface area contributed by atoms with Crippen molar-refractivity contribution in [2.24, 2.45) is 0 Å². The van der Waals surface area contributed by atoms with Crippen molar-refractivity contribution in [1.29, 1.82) is 0 Å². The highest BCUT2D eigenvalue weighted by Gasteiger charge is 2.30. The Balaban J connectivity index is 2.22. The van der Waals surface area contributed by atoms with Crippen LogP contribution in [-0.2, 0) is 4.79 Å². The standard InChI is InChI=1S/C13H20N4O/c1-10-4-5-12(15-8-10)17-7-6-14-9-11(17)13(18)16(2)3/h4-5,8,11,14H,6-7,9H2,1-3H3. The van der Waals surface area contributed by atoms with Gasteiger partial charge in [0.15, 0.2) is 0 Å². The first kappa shape index (κ1) is 12.8. The first-order valence-electron chi connectivity index (χ1n) is 6.21. The van der Waals surface area contributed by atoms with E-state index >= 15 is 0 Å². The summed E-state index contributed by atoms with van der Waals surface area (Å²) in [5, 5.41) is 3.26. The molecule has 0 saturated carbocycles. The molecule has 2 rings (SSSR count). The number of piperazine rings is 1. The summed E-state index contributed by atoms with van der Waals surface area (Å²) in [5.74, 6) is 0.992. The van der Waals surface area contributed by atoms with Crippen molar-refractivity contribution in [2.45, 2.75) is 13.0 Å². The molecule has 98 valence electrons. The molecule has 1 saturated heterocycles. The maximum atomic E-state index is 12.2. The van der Waals surface area contributed by atoms with Gasteiger partial charge in [-0.15, -0.1) is 0 Å². The number of rotatable bonds is 2. The van der Waals surface area contributed by atoms with Crippen LogP contribution in [0, 0.1) is 6.92 Å². The Labute approximate surface area is 108 Å². The van der Waals surface area contributed by atoms with Gasteiger partial charge in [-0.3, -0.25) is 4.79 Å². The van der Waals surface area contributed by atoms with Crippen LogP contribution in [0.4, 0.5) is 5.82 Å².